The van der Waals surface area contributed by atoms with Crippen molar-refractivity contribution < 1.29 is 34.0 Å². The first-order valence-corrected chi connectivity index (χ1v) is 9.73. The van der Waals surface area contributed by atoms with Crippen LogP contribution in [0, 0.1) is 0 Å². The van der Waals surface area contributed by atoms with Crippen LogP contribution in [0.4, 0.5) is 4.79 Å². The maximum absolute atomic E-state index is 12.0. The van der Waals surface area contributed by atoms with Crippen LogP contribution in [0.15, 0.2) is 60.7 Å². The van der Waals surface area contributed by atoms with Gasteiger partial charge in [-0.15, -0.1) is 0 Å². The highest BCUT2D eigenvalue weighted by molar-refractivity contribution is 5.67. The average molecular weight is 417 g/mol. The molecule has 8 nitrogen and oxygen atoms in total. The highest BCUT2D eigenvalue weighted by atomic mass is 16.7. The monoisotopic (exact) mass is 417 g/mol. The van der Waals surface area contributed by atoms with Gasteiger partial charge in [0.1, 0.15) is 31.0 Å². The molecule has 3 N–H and O–H groups in total. The molecular weight excluding hydrogens is 390 g/mol. The lowest BCUT2D eigenvalue weighted by Crippen LogP contribution is -2.61. The molecule has 1 aliphatic rings. The number of alkyl carbamates (subject to hydrolysis) is 1. The van der Waals surface area contributed by atoms with Gasteiger partial charge in [-0.1, -0.05) is 60.7 Å². The Bertz CT molecular complexity index is 774. The minimum atomic E-state index is -1.19. The quantitative estimate of drug-likeness (QED) is 0.599. The molecule has 1 amide bonds. The maximum atomic E-state index is 12.0. The fraction of sp³-hybridized carbons (Fsp3) is 0.409. The summed E-state index contributed by atoms with van der Waals surface area (Å²) in [5.41, 5.74) is 1.76. The number of benzene rings is 2. The van der Waals surface area contributed by atoms with Crippen molar-refractivity contribution in [3.63, 3.8) is 0 Å². The Balaban J connectivity index is 1.53. The smallest absolute Gasteiger partial charge is 0.407 e. The van der Waals surface area contributed by atoms with Crippen LogP contribution in [-0.2, 0) is 32.2 Å². The normalized spacial score (nSPS) is 26.2. The van der Waals surface area contributed by atoms with Gasteiger partial charge < -0.3 is 34.5 Å². The zero-order chi connectivity index (χ0) is 21.3. The molecule has 1 unspecified atom stereocenters. The SMILES string of the molecule is CO[C@@H]1OC(CNC(=O)OCc2ccccc2)[C@@H](O)[C@H](OCc2ccccc2)[C@@H]1O. The van der Waals surface area contributed by atoms with Crippen LogP contribution in [0.25, 0.3) is 0 Å². The van der Waals surface area contributed by atoms with Gasteiger partial charge in [-0.25, -0.2) is 4.79 Å². The molecule has 2 aromatic carbocycles. The number of hydrogen-bond acceptors (Lipinski definition) is 7. The molecule has 1 saturated heterocycles. The van der Waals surface area contributed by atoms with Crippen molar-refractivity contribution in [3.05, 3.63) is 71.8 Å². The van der Waals surface area contributed by atoms with E-state index in [0.29, 0.717) is 0 Å². The van der Waals surface area contributed by atoms with E-state index in [0.717, 1.165) is 11.1 Å². The molecular formula is C22H27NO7. The van der Waals surface area contributed by atoms with Gasteiger partial charge in [-0.3, -0.25) is 0 Å². The van der Waals surface area contributed by atoms with E-state index in [2.05, 4.69) is 5.32 Å². The van der Waals surface area contributed by atoms with E-state index in [4.69, 9.17) is 18.9 Å². The summed E-state index contributed by atoms with van der Waals surface area (Å²) in [4.78, 5) is 12.0. The molecule has 1 fully saturated rings. The fourth-order valence-electron chi connectivity index (χ4n) is 3.19. The largest absolute Gasteiger partial charge is 0.445 e. The molecule has 3 rings (SSSR count). The summed E-state index contributed by atoms with van der Waals surface area (Å²) in [7, 11) is 1.39. The van der Waals surface area contributed by atoms with Gasteiger partial charge in [0.25, 0.3) is 0 Å². The van der Waals surface area contributed by atoms with Gasteiger partial charge in [-0.2, -0.15) is 0 Å². The third kappa shape index (κ3) is 6.01. The minimum Gasteiger partial charge on any atom is -0.445 e. The van der Waals surface area contributed by atoms with Gasteiger partial charge in [0.15, 0.2) is 6.29 Å². The molecule has 0 radical (unpaired) electrons. The fourth-order valence-corrected chi connectivity index (χ4v) is 3.19. The van der Waals surface area contributed by atoms with Crippen molar-refractivity contribution in [1.82, 2.24) is 5.32 Å². The number of carbonyl (C=O) groups is 1. The van der Waals surface area contributed by atoms with Crippen LogP contribution in [0.1, 0.15) is 11.1 Å². The maximum Gasteiger partial charge on any atom is 0.407 e. The highest BCUT2D eigenvalue weighted by Gasteiger charge is 2.45. The zero-order valence-electron chi connectivity index (χ0n) is 16.7. The molecule has 2 aromatic rings. The summed E-state index contributed by atoms with van der Waals surface area (Å²) >= 11 is 0. The van der Waals surface area contributed by atoms with Crippen molar-refractivity contribution in [2.45, 2.75) is 43.9 Å². The van der Waals surface area contributed by atoms with Crippen LogP contribution in [0.3, 0.4) is 0 Å². The lowest BCUT2D eigenvalue weighted by molar-refractivity contribution is -0.297. The number of aliphatic hydroxyl groups is 2. The van der Waals surface area contributed by atoms with Crippen LogP contribution >= 0.6 is 0 Å². The van der Waals surface area contributed by atoms with Crippen LogP contribution in [0.2, 0.25) is 0 Å². The summed E-state index contributed by atoms with van der Waals surface area (Å²) in [6, 6.07) is 18.7. The number of hydrogen-bond donors (Lipinski definition) is 3. The number of methoxy groups -OCH3 is 1. The van der Waals surface area contributed by atoms with Crippen molar-refractivity contribution in [2.75, 3.05) is 13.7 Å². The zero-order valence-corrected chi connectivity index (χ0v) is 16.7. The van der Waals surface area contributed by atoms with E-state index < -0.39 is 36.8 Å². The molecule has 0 aliphatic carbocycles. The second-order valence-electron chi connectivity index (χ2n) is 6.96. The van der Waals surface area contributed by atoms with Gasteiger partial charge in [0, 0.05) is 13.7 Å². The average Bonchev–Trinajstić information content (AvgIpc) is 2.78. The number of rotatable bonds is 8. The third-order valence-electron chi connectivity index (χ3n) is 4.82. The molecule has 1 aliphatic heterocycles. The summed E-state index contributed by atoms with van der Waals surface area (Å²) in [6.45, 7) is 0.296. The van der Waals surface area contributed by atoms with Crippen molar-refractivity contribution in [2.24, 2.45) is 0 Å². The van der Waals surface area contributed by atoms with E-state index in [1.165, 1.54) is 7.11 Å². The Hall–Kier alpha value is -2.49. The number of amides is 1. The molecule has 0 saturated carbocycles. The third-order valence-corrected chi connectivity index (χ3v) is 4.82. The van der Waals surface area contributed by atoms with Crippen LogP contribution in [0.5, 0.6) is 0 Å². The molecule has 0 aromatic heterocycles. The molecule has 30 heavy (non-hydrogen) atoms. The Morgan fingerprint density at radius 3 is 2.17 bits per heavy atom. The lowest BCUT2D eigenvalue weighted by atomic mass is 9.98. The lowest BCUT2D eigenvalue weighted by Gasteiger charge is -2.41. The molecule has 0 bridgehead atoms. The standard InChI is InChI=1S/C22H27NO7/c1-27-21-19(25)20(28-13-15-8-4-2-5-9-15)18(24)17(30-21)12-23-22(26)29-14-16-10-6-3-7-11-16/h2-11,17-21,24-25H,12-14H2,1H3,(H,23,26)/t17?,18-,19+,20+,21-/m1/s1. The Morgan fingerprint density at radius 1 is 0.967 bits per heavy atom. The molecule has 0 spiro atoms. The minimum absolute atomic E-state index is 0.0352. The van der Waals surface area contributed by atoms with E-state index in [1.54, 1.807) is 0 Å². The Morgan fingerprint density at radius 2 is 1.57 bits per heavy atom. The van der Waals surface area contributed by atoms with Gasteiger partial charge in [0.2, 0.25) is 0 Å². The van der Waals surface area contributed by atoms with E-state index >= 15 is 0 Å². The molecule has 8 heteroatoms. The summed E-state index contributed by atoms with van der Waals surface area (Å²) in [5, 5.41) is 23.7. The molecule has 1 heterocycles. The van der Waals surface area contributed by atoms with Gasteiger partial charge in [0.05, 0.1) is 6.61 Å². The van der Waals surface area contributed by atoms with Gasteiger partial charge in [-0.05, 0) is 11.1 Å². The number of nitrogens with one attached hydrogen (secondary N) is 1. The molecule has 5 atom stereocenters. The summed E-state index contributed by atoms with van der Waals surface area (Å²) < 4.78 is 21.7. The Labute approximate surface area is 175 Å². The van der Waals surface area contributed by atoms with Crippen molar-refractivity contribution >= 4 is 6.09 Å². The predicted molar refractivity (Wildman–Crippen MR) is 107 cm³/mol. The number of carbonyl (C=O) groups excluding carboxylic acids is 1. The van der Waals surface area contributed by atoms with E-state index in [1.807, 2.05) is 60.7 Å². The summed E-state index contributed by atoms with van der Waals surface area (Å²) in [6.07, 6.45) is -5.79. The molecule has 162 valence electrons. The number of ether oxygens (including phenoxy) is 4. The van der Waals surface area contributed by atoms with E-state index in [9.17, 15) is 15.0 Å². The Kier molecular flexibility index (Phi) is 8.18. The van der Waals surface area contributed by atoms with Crippen molar-refractivity contribution in [1.29, 1.82) is 0 Å². The predicted octanol–water partition coefficient (Wildman–Crippen LogP) is 1.59. The van der Waals surface area contributed by atoms with Gasteiger partial charge >= 0.3 is 6.09 Å². The second-order valence-corrected chi connectivity index (χ2v) is 6.96. The van der Waals surface area contributed by atoms with E-state index in [-0.39, 0.29) is 19.8 Å². The summed E-state index contributed by atoms with van der Waals surface area (Å²) in [5.74, 6) is 0. The highest BCUT2D eigenvalue weighted by Crippen LogP contribution is 2.25. The topological polar surface area (TPSA) is 106 Å². The number of aliphatic hydroxyl groups excluding tert-OH is 2. The second kappa shape index (κ2) is 11.1. The van der Waals surface area contributed by atoms with Crippen LogP contribution < -0.4 is 5.32 Å². The van der Waals surface area contributed by atoms with Crippen molar-refractivity contribution in [3.8, 4) is 0 Å². The first-order valence-electron chi connectivity index (χ1n) is 9.73. The first kappa shape index (κ1) is 22.2. The first-order chi connectivity index (χ1) is 14.6. The van der Waals surface area contributed by atoms with Crippen LogP contribution in [-0.4, -0.2) is 60.7 Å².